The van der Waals surface area contributed by atoms with Crippen LogP contribution in [0.4, 0.5) is 5.69 Å². The van der Waals surface area contributed by atoms with Crippen molar-refractivity contribution in [1.82, 2.24) is 9.62 Å². The molecule has 0 bridgehead atoms. The minimum atomic E-state index is -3.74. The van der Waals surface area contributed by atoms with Crippen molar-refractivity contribution in [2.45, 2.75) is 44.0 Å². The molecule has 1 saturated heterocycles. The van der Waals surface area contributed by atoms with Crippen molar-refractivity contribution >= 4 is 39.1 Å². The monoisotopic (exact) mass is 477 g/mol. The van der Waals surface area contributed by atoms with E-state index in [-0.39, 0.29) is 28.2 Å². The Hall–Kier alpha value is -2.42. The molecule has 2 N–H and O–H groups in total. The van der Waals surface area contributed by atoms with Crippen LogP contribution in [0, 0.1) is 5.92 Å². The largest absolute Gasteiger partial charge is 0.344 e. The normalized spacial score (nSPS) is 15.5. The molecule has 1 aliphatic heterocycles. The molecule has 7 nitrogen and oxygen atoms in total. The summed E-state index contributed by atoms with van der Waals surface area (Å²) >= 11 is 6.18. The van der Waals surface area contributed by atoms with Crippen LogP contribution in [0.25, 0.3) is 0 Å². The van der Waals surface area contributed by atoms with E-state index < -0.39 is 22.0 Å². The van der Waals surface area contributed by atoms with Crippen LogP contribution in [0.1, 0.15) is 32.3 Å². The van der Waals surface area contributed by atoms with Crippen molar-refractivity contribution in [3.63, 3.8) is 0 Å². The molecule has 2 aromatic rings. The van der Waals surface area contributed by atoms with Crippen molar-refractivity contribution in [3.8, 4) is 0 Å². The van der Waals surface area contributed by atoms with Gasteiger partial charge in [0.1, 0.15) is 10.9 Å². The van der Waals surface area contributed by atoms with Crippen molar-refractivity contribution < 1.29 is 18.0 Å². The Morgan fingerprint density at radius 2 is 1.72 bits per heavy atom. The second-order valence-electron chi connectivity index (χ2n) is 8.20. The van der Waals surface area contributed by atoms with Gasteiger partial charge in [0.25, 0.3) is 0 Å². The number of halogens is 1. The van der Waals surface area contributed by atoms with Gasteiger partial charge in [0.2, 0.25) is 21.8 Å². The molecule has 2 aromatic carbocycles. The maximum atomic E-state index is 12.9. The van der Waals surface area contributed by atoms with E-state index in [0.717, 1.165) is 18.4 Å². The molecular formula is C23H28ClN3O4S. The third kappa shape index (κ3) is 5.88. The van der Waals surface area contributed by atoms with E-state index in [4.69, 9.17) is 11.6 Å². The van der Waals surface area contributed by atoms with Gasteiger partial charge in [-0.3, -0.25) is 9.59 Å². The molecule has 0 spiro atoms. The number of hydrogen-bond acceptors (Lipinski definition) is 4. The van der Waals surface area contributed by atoms with Crippen LogP contribution in [0.15, 0.2) is 53.4 Å². The molecule has 0 unspecified atom stereocenters. The SMILES string of the molecule is CC(C)[C@H](NC(=O)Cc1ccccc1)C(=O)Nc1ccc(Cl)c(S(=O)(=O)N2CCCC2)c1. The van der Waals surface area contributed by atoms with E-state index in [1.807, 2.05) is 44.2 Å². The highest BCUT2D eigenvalue weighted by Gasteiger charge is 2.30. The standard InChI is InChI=1S/C23H28ClN3O4S/c1-16(2)22(26-21(28)14-17-8-4-3-5-9-17)23(29)25-18-10-11-19(24)20(15-18)32(30,31)27-12-6-7-13-27/h3-5,8-11,15-16,22H,6-7,12-14H2,1-2H3,(H,25,29)(H,26,28)/t22-/m0/s1. The molecule has 3 rings (SSSR count). The van der Waals surface area contributed by atoms with Gasteiger partial charge in [0, 0.05) is 18.8 Å². The first-order valence-electron chi connectivity index (χ1n) is 10.6. The summed E-state index contributed by atoms with van der Waals surface area (Å²) in [6.45, 7) is 4.58. The van der Waals surface area contributed by atoms with E-state index in [1.54, 1.807) is 6.07 Å². The van der Waals surface area contributed by atoms with Crippen LogP contribution < -0.4 is 10.6 Å². The van der Waals surface area contributed by atoms with Crippen LogP contribution in [0.2, 0.25) is 5.02 Å². The van der Waals surface area contributed by atoms with Crippen molar-refractivity contribution in [1.29, 1.82) is 0 Å². The zero-order chi connectivity index (χ0) is 23.3. The van der Waals surface area contributed by atoms with Crippen LogP contribution in [-0.2, 0) is 26.0 Å². The molecule has 32 heavy (non-hydrogen) atoms. The molecule has 0 saturated carbocycles. The number of carbonyl (C=O) groups excluding carboxylic acids is 2. The molecule has 1 aliphatic rings. The highest BCUT2D eigenvalue weighted by Crippen LogP contribution is 2.29. The first-order valence-corrected chi connectivity index (χ1v) is 12.4. The third-order valence-corrected chi connectivity index (χ3v) is 7.73. The average Bonchev–Trinajstić information content (AvgIpc) is 3.29. The molecular weight excluding hydrogens is 450 g/mol. The Bertz CT molecular complexity index is 1070. The summed E-state index contributed by atoms with van der Waals surface area (Å²) in [6, 6.07) is 12.9. The van der Waals surface area contributed by atoms with E-state index in [2.05, 4.69) is 10.6 Å². The fourth-order valence-electron chi connectivity index (χ4n) is 3.61. The highest BCUT2D eigenvalue weighted by molar-refractivity contribution is 7.89. The lowest BCUT2D eigenvalue weighted by Gasteiger charge is -2.22. The smallest absolute Gasteiger partial charge is 0.247 e. The predicted octanol–water partition coefficient (Wildman–Crippen LogP) is 3.45. The Morgan fingerprint density at radius 1 is 1.06 bits per heavy atom. The number of hydrogen-bond donors (Lipinski definition) is 2. The van der Waals surface area contributed by atoms with Gasteiger partial charge in [0.15, 0.2) is 0 Å². The quantitative estimate of drug-likeness (QED) is 0.608. The molecule has 9 heteroatoms. The summed E-state index contributed by atoms with van der Waals surface area (Å²) in [5.41, 5.74) is 1.16. The second kappa shape index (κ2) is 10.5. The number of sulfonamides is 1. The Kier molecular flexibility index (Phi) is 7.92. The van der Waals surface area contributed by atoms with Crippen LogP contribution in [0.5, 0.6) is 0 Å². The van der Waals surface area contributed by atoms with Gasteiger partial charge < -0.3 is 10.6 Å². The maximum absolute atomic E-state index is 12.9. The maximum Gasteiger partial charge on any atom is 0.247 e. The molecule has 2 amide bonds. The lowest BCUT2D eigenvalue weighted by Crippen LogP contribution is -2.47. The highest BCUT2D eigenvalue weighted by atomic mass is 35.5. The molecule has 0 aliphatic carbocycles. The van der Waals surface area contributed by atoms with Crippen LogP contribution in [-0.4, -0.2) is 43.7 Å². The first-order chi connectivity index (χ1) is 15.2. The van der Waals surface area contributed by atoms with E-state index in [9.17, 15) is 18.0 Å². The number of rotatable bonds is 8. The molecule has 172 valence electrons. The zero-order valence-corrected chi connectivity index (χ0v) is 19.7. The van der Waals surface area contributed by atoms with Gasteiger partial charge in [0.05, 0.1) is 11.4 Å². The molecule has 0 radical (unpaired) electrons. The van der Waals surface area contributed by atoms with E-state index in [0.29, 0.717) is 18.8 Å². The third-order valence-electron chi connectivity index (χ3n) is 5.35. The fraction of sp³-hybridized carbons (Fsp3) is 0.391. The Balaban J connectivity index is 1.73. The van der Waals surface area contributed by atoms with Gasteiger partial charge in [-0.2, -0.15) is 4.31 Å². The summed E-state index contributed by atoms with van der Waals surface area (Å²) in [7, 11) is -3.74. The predicted molar refractivity (Wildman–Crippen MR) is 125 cm³/mol. The summed E-state index contributed by atoms with van der Waals surface area (Å²) in [4.78, 5) is 25.4. The minimum absolute atomic E-state index is 0.0342. The van der Waals surface area contributed by atoms with Gasteiger partial charge in [-0.05, 0) is 42.5 Å². The summed E-state index contributed by atoms with van der Waals surface area (Å²) in [6.07, 6.45) is 1.79. The van der Waals surface area contributed by atoms with Crippen molar-refractivity contribution in [2.24, 2.45) is 5.92 Å². The molecule has 1 heterocycles. The number of carbonyl (C=O) groups is 2. The van der Waals surface area contributed by atoms with Crippen molar-refractivity contribution in [2.75, 3.05) is 18.4 Å². The Morgan fingerprint density at radius 3 is 2.34 bits per heavy atom. The van der Waals surface area contributed by atoms with Crippen molar-refractivity contribution in [3.05, 3.63) is 59.1 Å². The summed E-state index contributed by atoms with van der Waals surface area (Å²) in [5.74, 6) is -0.860. The lowest BCUT2D eigenvalue weighted by atomic mass is 10.0. The summed E-state index contributed by atoms with van der Waals surface area (Å²) < 4.78 is 27.3. The van der Waals surface area contributed by atoms with Gasteiger partial charge in [-0.15, -0.1) is 0 Å². The van der Waals surface area contributed by atoms with Crippen LogP contribution in [0.3, 0.4) is 0 Å². The zero-order valence-electron chi connectivity index (χ0n) is 18.2. The van der Waals surface area contributed by atoms with E-state index >= 15 is 0 Å². The average molecular weight is 478 g/mol. The number of anilines is 1. The fourth-order valence-corrected chi connectivity index (χ4v) is 5.62. The molecule has 1 atom stereocenters. The molecule has 0 aromatic heterocycles. The lowest BCUT2D eigenvalue weighted by molar-refractivity contribution is -0.127. The van der Waals surface area contributed by atoms with Crippen LogP contribution >= 0.6 is 11.6 Å². The van der Waals surface area contributed by atoms with E-state index in [1.165, 1.54) is 16.4 Å². The molecule has 1 fully saturated rings. The summed E-state index contributed by atoms with van der Waals surface area (Å²) in [5, 5.41) is 5.61. The van der Waals surface area contributed by atoms with Gasteiger partial charge in [-0.25, -0.2) is 8.42 Å². The second-order valence-corrected chi connectivity index (χ2v) is 10.5. The Labute approximate surface area is 194 Å². The first kappa shape index (κ1) is 24.2. The number of benzene rings is 2. The number of amides is 2. The van der Waals surface area contributed by atoms with Gasteiger partial charge >= 0.3 is 0 Å². The van der Waals surface area contributed by atoms with Gasteiger partial charge in [-0.1, -0.05) is 55.8 Å². The topological polar surface area (TPSA) is 95.6 Å². The number of nitrogens with one attached hydrogen (secondary N) is 2. The minimum Gasteiger partial charge on any atom is -0.344 e. The number of nitrogens with zero attached hydrogens (tertiary/aromatic N) is 1.